The molecular weight excluding hydrogens is 280 g/mol. The van der Waals surface area contributed by atoms with Crippen LogP contribution in [-0.2, 0) is 22.1 Å². The van der Waals surface area contributed by atoms with Crippen molar-refractivity contribution < 1.29 is 22.1 Å². The molecule has 0 rings (SSSR count). The van der Waals surface area contributed by atoms with E-state index < -0.39 is 17.4 Å². The molecule has 0 aliphatic rings. The predicted molar refractivity (Wildman–Crippen MR) is 82.6 cm³/mol. The van der Waals surface area contributed by atoms with Crippen molar-refractivity contribution in [3.05, 3.63) is 0 Å². The Balaban J connectivity index is 0. The van der Waals surface area contributed by atoms with E-state index in [0.29, 0.717) is 0 Å². The summed E-state index contributed by atoms with van der Waals surface area (Å²) in [4.78, 5) is 0. The van der Waals surface area contributed by atoms with Gasteiger partial charge in [-0.05, 0) is 25.9 Å². The highest BCUT2D eigenvalue weighted by atomic mass is 28.4. The van der Waals surface area contributed by atoms with E-state index in [1.807, 2.05) is 20.4 Å². The van der Waals surface area contributed by atoms with Crippen LogP contribution >= 0.6 is 0 Å². The molecule has 0 spiro atoms. The van der Waals surface area contributed by atoms with Crippen molar-refractivity contribution >= 4 is 17.4 Å². The minimum Gasteiger partial charge on any atom is -0.395 e. The zero-order valence-corrected chi connectivity index (χ0v) is 15.9. The minimum atomic E-state index is -2.17. The van der Waals surface area contributed by atoms with Crippen LogP contribution in [0.5, 0.6) is 0 Å². The molecule has 0 amide bonds. The van der Waals surface area contributed by atoms with Gasteiger partial charge in [0.1, 0.15) is 0 Å². The number of hydrogen-bond acceptors (Lipinski definition) is 5. The zero-order valence-electron chi connectivity index (χ0n) is 13.9. The fraction of sp³-hybridized carbons (Fsp3) is 1.00. The van der Waals surface area contributed by atoms with E-state index in [2.05, 4.69) is 13.8 Å². The van der Waals surface area contributed by atoms with Crippen molar-refractivity contribution in [3.8, 4) is 0 Å². The molecule has 0 fully saturated rings. The van der Waals surface area contributed by atoms with E-state index in [-0.39, 0.29) is 0 Å². The lowest BCUT2D eigenvalue weighted by Crippen LogP contribution is -2.40. The maximum Gasteiger partial charge on any atom is 0.496 e. The summed E-state index contributed by atoms with van der Waals surface area (Å²) in [5, 5.41) is 0. The lowest BCUT2D eigenvalue weighted by Gasteiger charge is -2.27. The molecule has 5 nitrogen and oxygen atoms in total. The molecule has 0 saturated heterocycles. The van der Waals surface area contributed by atoms with Gasteiger partial charge >= 0.3 is 17.4 Å². The second kappa shape index (κ2) is 12.0. The highest BCUT2D eigenvalue weighted by molar-refractivity contribution is 6.67. The van der Waals surface area contributed by atoms with Crippen LogP contribution in [0.3, 0.4) is 0 Å². The molecule has 0 radical (unpaired) electrons. The normalized spacial score (nSPS) is 12.0. The topological polar surface area (TPSA) is 46.2 Å². The quantitative estimate of drug-likeness (QED) is 0.612. The average Bonchev–Trinajstić information content (AvgIpc) is 2.46. The molecule has 0 bridgehead atoms. The van der Waals surface area contributed by atoms with E-state index in [1.165, 1.54) is 0 Å². The molecule has 0 saturated carbocycles. The highest BCUT2D eigenvalue weighted by Gasteiger charge is 2.32. The molecule has 7 heteroatoms. The van der Waals surface area contributed by atoms with E-state index in [0.717, 1.165) is 25.3 Å². The first kappa shape index (κ1) is 21.5. The van der Waals surface area contributed by atoms with E-state index >= 15 is 0 Å². The van der Waals surface area contributed by atoms with Crippen molar-refractivity contribution in [1.29, 1.82) is 0 Å². The van der Waals surface area contributed by atoms with Gasteiger partial charge in [-0.15, -0.1) is 0 Å². The van der Waals surface area contributed by atoms with Crippen LogP contribution in [0.4, 0.5) is 0 Å². The van der Waals surface area contributed by atoms with Gasteiger partial charge in [0.05, 0.1) is 0 Å². The van der Waals surface area contributed by atoms with Crippen molar-refractivity contribution in [1.82, 2.24) is 0 Å². The second-order valence-corrected chi connectivity index (χ2v) is 10.7. The molecule has 118 valence electrons. The van der Waals surface area contributed by atoms with E-state index in [1.54, 1.807) is 21.3 Å². The van der Waals surface area contributed by atoms with Crippen LogP contribution in [0.15, 0.2) is 0 Å². The Morgan fingerprint density at radius 3 is 1.11 bits per heavy atom. The largest absolute Gasteiger partial charge is 0.496 e. The van der Waals surface area contributed by atoms with Gasteiger partial charge in [0.25, 0.3) is 0 Å². The Hall–Kier alpha value is 0.234. The van der Waals surface area contributed by atoms with E-state index in [9.17, 15) is 0 Å². The minimum absolute atomic E-state index is 0.786. The van der Waals surface area contributed by atoms with Crippen LogP contribution in [-0.4, -0.2) is 51.9 Å². The molecule has 0 N–H and O–H groups in total. The summed E-state index contributed by atoms with van der Waals surface area (Å²) in [7, 11) is 0.833. The Labute approximate surface area is 121 Å². The lowest BCUT2D eigenvalue weighted by atomic mass is 10.9. The fourth-order valence-corrected chi connectivity index (χ4v) is 4.43. The molecule has 0 aromatic rings. The SMILES string of the molecule is CCO[Si](CC)(CC)OCC.CO[Si](C)(OC)OC. The maximum absolute atomic E-state index is 5.68. The van der Waals surface area contributed by atoms with Gasteiger partial charge < -0.3 is 22.1 Å². The molecule has 19 heavy (non-hydrogen) atoms. The summed E-state index contributed by atoms with van der Waals surface area (Å²) in [5.41, 5.74) is 0. The Morgan fingerprint density at radius 2 is 1.00 bits per heavy atom. The standard InChI is InChI=1S/C8H20O2Si.C4H12O3Si/c1-5-9-11(7-3,8-4)10-6-2;1-5-8(4,6-2)7-3/h5-8H2,1-4H3;1-4H3. The number of rotatable bonds is 9. The predicted octanol–water partition coefficient (Wildman–Crippen LogP) is 3.04. The summed E-state index contributed by atoms with van der Waals surface area (Å²) >= 11 is 0. The summed E-state index contributed by atoms with van der Waals surface area (Å²) in [6.45, 7) is 11.8. The van der Waals surface area contributed by atoms with Crippen molar-refractivity contribution in [3.63, 3.8) is 0 Å². The van der Waals surface area contributed by atoms with Crippen LogP contribution in [0.25, 0.3) is 0 Å². The van der Waals surface area contributed by atoms with Gasteiger partial charge in [0, 0.05) is 41.1 Å². The van der Waals surface area contributed by atoms with Gasteiger partial charge in [-0.2, -0.15) is 0 Å². The molecule has 0 heterocycles. The number of hydrogen-bond donors (Lipinski definition) is 0. The third-order valence-electron chi connectivity index (χ3n) is 3.00. The average molecular weight is 313 g/mol. The van der Waals surface area contributed by atoms with Crippen molar-refractivity contribution in [2.45, 2.75) is 46.3 Å². The van der Waals surface area contributed by atoms with E-state index in [4.69, 9.17) is 22.1 Å². The van der Waals surface area contributed by atoms with Gasteiger partial charge in [0.2, 0.25) is 0 Å². The zero-order chi connectivity index (χ0) is 15.4. The van der Waals surface area contributed by atoms with Gasteiger partial charge in [0.15, 0.2) is 0 Å². The highest BCUT2D eigenvalue weighted by Crippen LogP contribution is 2.17. The van der Waals surface area contributed by atoms with Gasteiger partial charge in [-0.1, -0.05) is 13.8 Å². The maximum atomic E-state index is 5.68. The van der Waals surface area contributed by atoms with Gasteiger partial charge in [-0.25, -0.2) is 0 Å². The Bertz CT molecular complexity index is 180. The molecule has 0 aromatic carbocycles. The first-order valence-electron chi connectivity index (χ1n) is 6.86. The third-order valence-corrected chi connectivity index (χ3v) is 9.01. The lowest BCUT2D eigenvalue weighted by molar-refractivity contribution is 0.132. The van der Waals surface area contributed by atoms with Crippen LogP contribution in [0, 0.1) is 0 Å². The second-order valence-electron chi connectivity index (χ2n) is 3.96. The Kier molecular flexibility index (Phi) is 13.6. The first-order chi connectivity index (χ1) is 8.92. The molecule has 0 aromatic heterocycles. The summed E-state index contributed by atoms with van der Waals surface area (Å²) < 4.78 is 26.2. The summed E-state index contributed by atoms with van der Waals surface area (Å²) in [6, 6.07) is 2.12. The van der Waals surface area contributed by atoms with Crippen molar-refractivity contribution in [2.75, 3.05) is 34.5 Å². The summed E-state index contributed by atoms with van der Waals surface area (Å²) in [5.74, 6) is 0. The van der Waals surface area contributed by atoms with Crippen molar-refractivity contribution in [2.24, 2.45) is 0 Å². The van der Waals surface area contributed by atoms with Crippen LogP contribution < -0.4 is 0 Å². The molecular formula is C12H32O5Si2. The van der Waals surface area contributed by atoms with Crippen LogP contribution in [0.1, 0.15) is 27.7 Å². The molecule has 0 aliphatic heterocycles. The summed E-state index contributed by atoms with van der Waals surface area (Å²) in [6.07, 6.45) is 0. The smallest absolute Gasteiger partial charge is 0.395 e. The molecule has 0 atom stereocenters. The third kappa shape index (κ3) is 8.90. The van der Waals surface area contributed by atoms with Gasteiger partial charge in [-0.3, -0.25) is 0 Å². The fourth-order valence-electron chi connectivity index (χ4n) is 1.48. The Morgan fingerprint density at radius 1 is 0.684 bits per heavy atom. The molecule has 0 unspecified atom stereocenters. The van der Waals surface area contributed by atoms with Crippen LogP contribution in [0.2, 0.25) is 18.6 Å². The first-order valence-corrected chi connectivity index (χ1v) is 11.3. The molecule has 0 aliphatic carbocycles. The monoisotopic (exact) mass is 312 g/mol.